The first-order valence-electron chi connectivity index (χ1n) is 6.55. The van der Waals surface area contributed by atoms with Crippen molar-refractivity contribution in [1.29, 1.82) is 0 Å². The molecule has 5 nitrogen and oxygen atoms in total. The van der Waals surface area contributed by atoms with E-state index in [0.29, 0.717) is 6.54 Å². The molecule has 1 aliphatic heterocycles. The lowest BCUT2D eigenvalue weighted by atomic mass is 10.1. The molecule has 0 spiro atoms. The van der Waals surface area contributed by atoms with Crippen LogP contribution in [0.15, 0.2) is 47.0 Å². The van der Waals surface area contributed by atoms with Gasteiger partial charge in [-0.1, -0.05) is 24.3 Å². The van der Waals surface area contributed by atoms with Gasteiger partial charge in [0.1, 0.15) is 0 Å². The molecule has 21 heavy (non-hydrogen) atoms. The lowest BCUT2D eigenvalue weighted by molar-refractivity contribution is 0.160. The summed E-state index contributed by atoms with van der Waals surface area (Å²) in [5.74, 6) is 0. The number of sulfone groups is 1. The molecule has 1 heterocycles. The summed E-state index contributed by atoms with van der Waals surface area (Å²) in [6.45, 7) is 0.524. The molecular formula is C15H17NO4S. The quantitative estimate of drug-likeness (QED) is 0.931. The molecule has 1 aliphatic rings. The summed E-state index contributed by atoms with van der Waals surface area (Å²) in [5, 5.41) is 8.95. The summed E-state index contributed by atoms with van der Waals surface area (Å²) >= 11 is 0. The summed E-state index contributed by atoms with van der Waals surface area (Å²) in [5.41, 5.74) is 1.81. The fourth-order valence-electron chi connectivity index (χ4n) is 2.09. The molecule has 0 bridgehead atoms. The van der Waals surface area contributed by atoms with Crippen LogP contribution in [0.5, 0.6) is 0 Å². The highest BCUT2D eigenvalue weighted by atomic mass is 32.2. The SMILES string of the molecule is CS(=O)(=O)c1ccc(C=CC2=CN(C(=O)O)CCC2)cc1. The van der Waals surface area contributed by atoms with E-state index in [0.717, 1.165) is 24.0 Å². The van der Waals surface area contributed by atoms with Gasteiger partial charge in [0.25, 0.3) is 0 Å². The molecule has 6 heteroatoms. The Kier molecular flexibility index (Phi) is 4.47. The first-order chi connectivity index (χ1) is 9.86. The Hall–Kier alpha value is -2.08. The van der Waals surface area contributed by atoms with E-state index in [-0.39, 0.29) is 4.90 Å². The fraction of sp³-hybridized carbons (Fsp3) is 0.267. The van der Waals surface area contributed by atoms with Crippen LogP contribution in [-0.4, -0.2) is 37.3 Å². The van der Waals surface area contributed by atoms with E-state index in [1.54, 1.807) is 30.5 Å². The summed E-state index contributed by atoms with van der Waals surface area (Å²) in [7, 11) is -3.18. The van der Waals surface area contributed by atoms with Gasteiger partial charge in [0.2, 0.25) is 0 Å². The van der Waals surface area contributed by atoms with Gasteiger partial charge in [0.15, 0.2) is 9.84 Å². The maximum Gasteiger partial charge on any atom is 0.411 e. The van der Waals surface area contributed by atoms with E-state index in [2.05, 4.69) is 0 Å². The molecule has 0 fully saturated rings. The monoisotopic (exact) mass is 307 g/mol. The molecular weight excluding hydrogens is 290 g/mol. The molecule has 0 radical (unpaired) electrons. The number of carbonyl (C=O) groups is 1. The van der Waals surface area contributed by atoms with Crippen molar-refractivity contribution in [2.45, 2.75) is 17.7 Å². The normalized spacial score (nSPS) is 16.0. The van der Waals surface area contributed by atoms with Crippen LogP contribution in [-0.2, 0) is 9.84 Å². The van der Waals surface area contributed by atoms with Gasteiger partial charge < -0.3 is 5.11 Å². The van der Waals surface area contributed by atoms with Crippen molar-refractivity contribution in [3.63, 3.8) is 0 Å². The summed E-state index contributed by atoms with van der Waals surface area (Å²) in [4.78, 5) is 12.5. The minimum absolute atomic E-state index is 0.286. The minimum Gasteiger partial charge on any atom is -0.465 e. The van der Waals surface area contributed by atoms with Gasteiger partial charge in [-0.25, -0.2) is 13.2 Å². The van der Waals surface area contributed by atoms with Gasteiger partial charge in [-0.15, -0.1) is 0 Å². The van der Waals surface area contributed by atoms with E-state index >= 15 is 0 Å². The summed E-state index contributed by atoms with van der Waals surface area (Å²) in [6, 6.07) is 6.58. The highest BCUT2D eigenvalue weighted by Crippen LogP contribution is 2.18. The zero-order valence-corrected chi connectivity index (χ0v) is 12.5. The van der Waals surface area contributed by atoms with Crippen LogP contribution in [0.4, 0.5) is 4.79 Å². The lowest BCUT2D eigenvalue weighted by Gasteiger charge is -2.20. The molecule has 1 N–H and O–H groups in total. The zero-order valence-electron chi connectivity index (χ0n) is 11.7. The maximum atomic E-state index is 11.4. The highest BCUT2D eigenvalue weighted by molar-refractivity contribution is 7.90. The number of carboxylic acid groups (broad SMARTS) is 1. The van der Waals surface area contributed by atoms with E-state index in [9.17, 15) is 13.2 Å². The van der Waals surface area contributed by atoms with E-state index in [1.165, 1.54) is 11.2 Å². The van der Waals surface area contributed by atoms with Crippen molar-refractivity contribution < 1.29 is 18.3 Å². The largest absolute Gasteiger partial charge is 0.465 e. The van der Waals surface area contributed by atoms with E-state index in [4.69, 9.17) is 5.11 Å². The first-order valence-corrected chi connectivity index (χ1v) is 8.44. The Labute approximate surface area is 124 Å². The molecule has 1 amide bonds. The van der Waals surface area contributed by atoms with Crippen LogP contribution in [0.25, 0.3) is 6.08 Å². The highest BCUT2D eigenvalue weighted by Gasteiger charge is 2.13. The molecule has 0 atom stereocenters. The van der Waals surface area contributed by atoms with Gasteiger partial charge in [0.05, 0.1) is 4.90 Å². The molecule has 0 saturated heterocycles. The molecule has 2 rings (SSSR count). The fourth-order valence-corrected chi connectivity index (χ4v) is 2.72. The summed E-state index contributed by atoms with van der Waals surface area (Å²) < 4.78 is 22.7. The van der Waals surface area contributed by atoms with Crippen molar-refractivity contribution in [2.75, 3.05) is 12.8 Å². The molecule has 0 unspecified atom stereocenters. The summed E-state index contributed by atoms with van der Waals surface area (Å²) in [6.07, 6.45) is 7.21. The third-order valence-electron chi connectivity index (χ3n) is 3.23. The van der Waals surface area contributed by atoms with E-state index < -0.39 is 15.9 Å². The van der Waals surface area contributed by atoms with Crippen LogP contribution < -0.4 is 0 Å². The molecule has 0 aromatic heterocycles. The van der Waals surface area contributed by atoms with Gasteiger partial charge in [0, 0.05) is 19.0 Å². The Morgan fingerprint density at radius 3 is 2.48 bits per heavy atom. The van der Waals surface area contributed by atoms with Gasteiger partial charge in [-0.3, -0.25) is 4.90 Å². The van der Waals surface area contributed by atoms with Gasteiger partial charge >= 0.3 is 6.09 Å². The molecule has 1 aromatic carbocycles. The zero-order chi connectivity index (χ0) is 15.5. The van der Waals surface area contributed by atoms with Crippen molar-refractivity contribution in [3.8, 4) is 0 Å². The number of hydrogen-bond donors (Lipinski definition) is 1. The van der Waals surface area contributed by atoms with Crippen LogP contribution in [0, 0.1) is 0 Å². The first kappa shape index (κ1) is 15.3. The topological polar surface area (TPSA) is 74.7 Å². The smallest absolute Gasteiger partial charge is 0.411 e. The van der Waals surface area contributed by atoms with Crippen molar-refractivity contribution >= 4 is 22.0 Å². The number of hydrogen-bond acceptors (Lipinski definition) is 3. The number of amides is 1. The van der Waals surface area contributed by atoms with E-state index in [1.807, 2.05) is 12.2 Å². The lowest BCUT2D eigenvalue weighted by Crippen LogP contribution is -2.27. The minimum atomic E-state index is -3.18. The van der Waals surface area contributed by atoms with Crippen molar-refractivity contribution in [3.05, 3.63) is 47.7 Å². The predicted octanol–water partition coefficient (Wildman–Crippen LogP) is 2.76. The Morgan fingerprint density at radius 1 is 1.24 bits per heavy atom. The average molecular weight is 307 g/mol. The van der Waals surface area contributed by atoms with Crippen LogP contribution in [0.3, 0.4) is 0 Å². The third-order valence-corrected chi connectivity index (χ3v) is 4.36. The number of rotatable bonds is 3. The number of nitrogens with zero attached hydrogens (tertiary/aromatic N) is 1. The molecule has 0 saturated carbocycles. The molecule has 0 aliphatic carbocycles. The Balaban J connectivity index is 2.12. The second-order valence-electron chi connectivity index (χ2n) is 4.96. The Morgan fingerprint density at radius 2 is 1.90 bits per heavy atom. The van der Waals surface area contributed by atoms with Gasteiger partial charge in [-0.05, 0) is 36.1 Å². The van der Waals surface area contributed by atoms with Gasteiger partial charge in [-0.2, -0.15) is 0 Å². The molecule has 112 valence electrons. The Bertz CT molecular complexity index is 687. The number of benzene rings is 1. The maximum absolute atomic E-state index is 11.4. The van der Waals surface area contributed by atoms with Crippen molar-refractivity contribution in [2.24, 2.45) is 0 Å². The van der Waals surface area contributed by atoms with Crippen LogP contribution in [0.2, 0.25) is 0 Å². The predicted molar refractivity (Wildman–Crippen MR) is 80.6 cm³/mol. The average Bonchev–Trinajstić information content (AvgIpc) is 2.45. The second kappa shape index (κ2) is 6.13. The van der Waals surface area contributed by atoms with Crippen LogP contribution >= 0.6 is 0 Å². The molecule has 1 aromatic rings. The second-order valence-corrected chi connectivity index (χ2v) is 6.97. The van der Waals surface area contributed by atoms with Crippen molar-refractivity contribution in [1.82, 2.24) is 4.90 Å². The van der Waals surface area contributed by atoms with Crippen LogP contribution in [0.1, 0.15) is 18.4 Å². The third kappa shape index (κ3) is 4.19. The standard InChI is InChI=1S/C15H17NO4S/c1-21(19,20)14-8-6-12(7-9-14)4-5-13-3-2-10-16(11-13)15(17)18/h4-9,11H,2-3,10H2,1H3,(H,17,18). The number of allylic oxidation sites excluding steroid dienone is 2.